The molecule has 1 unspecified atom stereocenters. The Morgan fingerprint density at radius 3 is 2.71 bits per heavy atom. The summed E-state index contributed by atoms with van der Waals surface area (Å²) in [6.07, 6.45) is 0.158. The molecule has 0 saturated carbocycles. The molecule has 1 atom stereocenters. The van der Waals surface area contributed by atoms with Crippen LogP contribution < -0.4 is 4.90 Å². The van der Waals surface area contributed by atoms with Gasteiger partial charge in [-0.1, -0.05) is 11.6 Å². The molecule has 1 aromatic carbocycles. The smallest absolute Gasteiger partial charge is 0.227 e. The zero-order chi connectivity index (χ0) is 12.6. The highest BCUT2D eigenvalue weighted by Crippen LogP contribution is 2.30. The molecule has 1 N–H and O–H groups in total. The highest BCUT2D eigenvalue weighted by molar-refractivity contribution is 6.31. The van der Waals surface area contributed by atoms with E-state index in [1.54, 1.807) is 0 Å². The predicted octanol–water partition coefficient (Wildman–Crippen LogP) is 1.96. The Hall–Kier alpha value is -1.20. The summed E-state index contributed by atoms with van der Waals surface area (Å²) in [5, 5.41) is 8.72. The van der Waals surface area contributed by atoms with Crippen LogP contribution in [0.25, 0.3) is 0 Å². The maximum atomic E-state index is 13.5. The van der Waals surface area contributed by atoms with Gasteiger partial charge >= 0.3 is 0 Å². The van der Waals surface area contributed by atoms with Crippen LogP contribution in [-0.2, 0) is 4.79 Å². The van der Waals surface area contributed by atoms with Gasteiger partial charge in [0.25, 0.3) is 0 Å². The summed E-state index contributed by atoms with van der Waals surface area (Å²) < 4.78 is 26.5. The number of halogens is 3. The summed E-state index contributed by atoms with van der Waals surface area (Å²) in [6.45, 7) is 0.0764. The second-order valence-corrected chi connectivity index (χ2v) is 4.38. The first kappa shape index (κ1) is 12.3. The number of carbonyl (C=O) groups is 1. The Morgan fingerprint density at radius 2 is 2.12 bits per heavy atom. The number of nitrogens with zero attached hydrogens (tertiary/aromatic N) is 1. The van der Waals surface area contributed by atoms with Crippen LogP contribution in [-0.4, -0.2) is 24.2 Å². The van der Waals surface area contributed by atoms with Gasteiger partial charge in [0.15, 0.2) is 0 Å². The van der Waals surface area contributed by atoms with E-state index in [1.807, 2.05) is 0 Å². The Kier molecular flexibility index (Phi) is 3.31. The van der Waals surface area contributed by atoms with Crippen molar-refractivity contribution >= 4 is 23.2 Å². The van der Waals surface area contributed by atoms with E-state index in [-0.39, 0.29) is 42.1 Å². The number of hydrogen-bond acceptors (Lipinski definition) is 2. The van der Waals surface area contributed by atoms with Crippen molar-refractivity contribution in [3.8, 4) is 0 Å². The Bertz CT molecular complexity index is 467. The van der Waals surface area contributed by atoms with E-state index in [2.05, 4.69) is 0 Å². The second kappa shape index (κ2) is 4.58. The molecule has 6 heteroatoms. The van der Waals surface area contributed by atoms with E-state index >= 15 is 0 Å². The molecule has 0 bridgehead atoms. The van der Waals surface area contributed by atoms with Crippen LogP contribution in [0.4, 0.5) is 14.5 Å². The van der Waals surface area contributed by atoms with Gasteiger partial charge in [-0.25, -0.2) is 8.78 Å². The first-order valence-electron chi connectivity index (χ1n) is 5.08. The van der Waals surface area contributed by atoms with Crippen molar-refractivity contribution in [2.24, 2.45) is 5.92 Å². The molecule has 0 aromatic heterocycles. The molecule has 1 heterocycles. The lowest BCUT2D eigenvalue weighted by molar-refractivity contribution is -0.117. The zero-order valence-corrected chi connectivity index (χ0v) is 9.55. The quantitative estimate of drug-likeness (QED) is 0.827. The number of benzene rings is 1. The van der Waals surface area contributed by atoms with Crippen molar-refractivity contribution in [1.29, 1.82) is 0 Å². The minimum Gasteiger partial charge on any atom is -0.396 e. The molecule has 1 saturated heterocycles. The van der Waals surface area contributed by atoms with E-state index < -0.39 is 11.6 Å². The number of aliphatic hydroxyl groups excluding tert-OH is 1. The molecular formula is C11H10ClF2NO2. The van der Waals surface area contributed by atoms with Gasteiger partial charge in [0.2, 0.25) is 5.91 Å². The van der Waals surface area contributed by atoms with Crippen LogP contribution in [0.5, 0.6) is 0 Å². The van der Waals surface area contributed by atoms with E-state index in [9.17, 15) is 13.6 Å². The minimum atomic E-state index is -0.863. The highest BCUT2D eigenvalue weighted by Gasteiger charge is 2.32. The SMILES string of the molecule is O=C1CC(CO)CN1c1cc(Cl)c(F)cc1F. The normalized spacial score (nSPS) is 20.1. The average molecular weight is 262 g/mol. The van der Waals surface area contributed by atoms with E-state index in [0.717, 1.165) is 6.07 Å². The fraction of sp³-hybridized carbons (Fsp3) is 0.364. The summed E-state index contributed by atoms with van der Waals surface area (Å²) in [5.74, 6) is -2.21. The molecule has 0 radical (unpaired) electrons. The number of hydrogen-bond donors (Lipinski definition) is 1. The molecular weight excluding hydrogens is 252 g/mol. The number of carbonyl (C=O) groups excluding carboxylic acids is 1. The predicted molar refractivity (Wildman–Crippen MR) is 58.9 cm³/mol. The highest BCUT2D eigenvalue weighted by atomic mass is 35.5. The van der Waals surface area contributed by atoms with Gasteiger partial charge in [-0.15, -0.1) is 0 Å². The summed E-state index contributed by atoms with van der Waals surface area (Å²) in [4.78, 5) is 12.8. The Labute approximate surface area is 102 Å². The number of amides is 1. The minimum absolute atomic E-state index is 0.0441. The van der Waals surface area contributed by atoms with Gasteiger partial charge in [0.1, 0.15) is 11.6 Å². The first-order chi connectivity index (χ1) is 8.02. The maximum Gasteiger partial charge on any atom is 0.227 e. The van der Waals surface area contributed by atoms with E-state index in [1.165, 1.54) is 4.90 Å². The molecule has 1 aromatic rings. The first-order valence-corrected chi connectivity index (χ1v) is 5.46. The van der Waals surface area contributed by atoms with Crippen molar-refractivity contribution in [1.82, 2.24) is 0 Å². The summed E-state index contributed by atoms with van der Waals surface area (Å²) in [7, 11) is 0. The molecule has 92 valence electrons. The molecule has 1 amide bonds. The average Bonchev–Trinajstić information content (AvgIpc) is 2.65. The van der Waals surface area contributed by atoms with Gasteiger partial charge in [0.05, 0.1) is 10.7 Å². The number of aliphatic hydroxyl groups is 1. The van der Waals surface area contributed by atoms with E-state index in [4.69, 9.17) is 16.7 Å². The molecule has 17 heavy (non-hydrogen) atoms. The fourth-order valence-electron chi connectivity index (χ4n) is 1.86. The van der Waals surface area contributed by atoms with Gasteiger partial charge in [-0.3, -0.25) is 4.79 Å². The van der Waals surface area contributed by atoms with Crippen LogP contribution in [0.2, 0.25) is 5.02 Å². The second-order valence-electron chi connectivity index (χ2n) is 3.97. The molecule has 1 fully saturated rings. The van der Waals surface area contributed by atoms with Crippen LogP contribution in [0.15, 0.2) is 12.1 Å². The summed E-state index contributed by atoms with van der Waals surface area (Å²) >= 11 is 5.55. The molecule has 1 aliphatic rings. The van der Waals surface area contributed by atoms with Crippen molar-refractivity contribution in [3.63, 3.8) is 0 Å². The third kappa shape index (κ3) is 2.25. The Morgan fingerprint density at radius 1 is 1.41 bits per heavy atom. The summed E-state index contributed by atoms with van der Waals surface area (Å²) in [5.41, 5.74) is -0.0441. The largest absolute Gasteiger partial charge is 0.396 e. The van der Waals surface area contributed by atoms with Crippen LogP contribution in [0.1, 0.15) is 6.42 Å². The number of anilines is 1. The summed E-state index contributed by atoms with van der Waals surface area (Å²) in [6, 6.07) is 1.74. The third-order valence-corrected chi connectivity index (χ3v) is 3.03. The molecule has 2 rings (SSSR count). The number of rotatable bonds is 2. The van der Waals surface area contributed by atoms with Crippen LogP contribution in [0, 0.1) is 17.6 Å². The van der Waals surface area contributed by atoms with Crippen LogP contribution in [0.3, 0.4) is 0 Å². The topological polar surface area (TPSA) is 40.5 Å². The third-order valence-electron chi connectivity index (χ3n) is 2.74. The molecule has 3 nitrogen and oxygen atoms in total. The maximum absolute atomic E-state index is 13.5. The van der Waals surface area contributed by atoms with Gasteiger partial charge in [-0.2, -0.15) is 0 Å². The van der Waals surface area contributed by atoms with Crippen molar-refractivity contribution in [2.75, 3.05) is 18.1 Å². The van der Waals surface area contributed by atoms with Crippen molar-refractivity contribution in [3.05, 3.63) is 28.8 Å². The van der Waals surface area contributed by atoms with Gasteiger partial charge in [-0.05, 0) is 6.07 Å². The van der Waals surface area contributed by atoms with Crippen molar-refractivity contribution < 1.29 is 18.7 Å². The van der Waals surface area contributed by atoms with Gasteiger partial charge < -0.3 is 10.0 Å². The Balaban J connectivity index is 2.35. The van der Waals surface area contributed by atoms with Gasteiger partial charge in [0, 0.05) is 31.6 Å². The fourth-order valence-corrected chi connectivity index (χ4v) is 2.01. The van der Waals surface area contributed by atoms with Crippen LogP contribution >= 0.6 is 11.6 Å². The molecule has 0 aliphatic carbocycles. The molecule has 0 spiro atoms. The monoisotopic (exact) mass is 261 g/mol. The van der Waals surface area contributed by atoms with Crippen molar-refractivity contribution in [2.45, 2.75) is 6.42 Å². The van der Waals surface area contributed by atoms with E-state index in [0.29, 0.717) is 6.07 Å². The zero-order valence-electron chi connectivity index (χ0n) is 8.79. The lowest BCUT2D eigenvalue weighted by Gasteiger charge is -2.17. The molecule has 1 aliphatic heterocycles. The standard InChI is InChI=1S/C11H10ClF2NO2/c12-7-2-10(9(14)3-8(7)13)15-4-6(5-16)1-11(15)17/h2-3,6,16H,1,4-5H2. The lowest BCUT2D eigenvalue weighted by atomic mass is 10.1. The lowest BCUT2D eigenvalue weighted by Crippen LogP contribution is -2.26.